The fourth-order valence-corrected chi connectivity index (χ4v) is 6.55. The molecule has 2 aromatic rings. The summed E-state index contributed by atoms with van der Waals surface area (Å²) in [5, 5.41) is 43.6. The lowest BCUT2D eigenvalue weighted by atomic mass is 9.98. The first-order chi connectivity index (χ1) is 30.2. The third-order valence-electron chi connectivity index (χ3n) is 10.2. The van der Waals surface area contributed by atoms with Gasteiger partial charge in [0.25, 0.3) is 0 Å². The SMILES string of the molecule is CC(Cc1ccccc1)C(=O)NC(Cc1ccccc1)C(=O)NC(CCCCNC(=O)CCCCCCC(=O)NCCCC[C@H](NC(=O)N[C@H](C=O)CCC(=O)O)C(=O)O)C(=O)O. The summed E-state index contributed by atoms with van der Waals surface area (Å²) in [6.07, 6.45) is 5.86. The second-order valence-corrected chi connectivity index (χ2v) is 15.5. The third kappa shape index (κ3) is 24.0. The molecule has 0 aliphatic heterocycles. The van der Waals surface area contributed by atoms with Gasteiger partial charge in [0.05, 0.1) is 6.04 Å². The summed E-state index contributed by atoms with van der Waals surface area (Å²) in [6, 6.07) is 13.3. The number of nitrogens with one attached hydrogen (secondary N) is 6. The molecule has 0 heterocycles. The fourth-order valence-electron chi connectivity index (χ4n) is 6.55. The van der Waals surface area contributed by atoms with E-state index in [1.807, 2.05) is 60.7 Å². The van der Waals surface area contributed by atoms with Crippen molar-refractivity contribution in [1.82, 2.24) is 31.9 Å². The van der Waals surface area contributed by atoms with Gasteiger partial charge in [0.2, 0.25) is 23.6 Å². The Hall–Kier alpha value is -6.33. The van der Waals surface area contributed by atoms with E-state index in [-0.39, 0.29) is 49.8 Å². The van der Waals surface area contributed by atoms with Crippen LogP contribution in [0.15, 0.2) is 60.7 Å². The van der Waals surface area contributed by atoms with Crippen molar-refractivity contribution in [3.63, 3.8) is 0 Å². The van der Waals surface area contributed by atoms with E-state index in [0.29, 0.717) is 77.2 Å². The highest BCUT2D eigenvalue weighted by Crippen LogP contribution is 2.12. The van der Waals surface area contributed by atoms with Crippen LogP contribution in [0.5, 0.6) is 0 Å². The molecule has 0 fully saturated rings. The van der Waals surface area contributed by atoms with Gasteiger partial charge in [-0.15, -0.1) is 0 Å². The van der Waals surface area contributed by atoms with Crippen molar-refractivity contribution in [2.45, 2.75) is 134 Å². The molecule has 18 heteroatoms. The third-order valence-corrected chi connectivity index (χ3v) is 10.2. The van der Waals surface area contributed by atoms with Crippen molar-refractivity contribution in [3.05, 3.63) is 71.8 Å². The minimum Gasteiger partial charge on any atom is -0.481 e. The second kappa shape index (κ2) is 30.7. The number of benzene rings is 2. The monoisotopic (exact) mass is 880 g/mol. The molecule has 0 saturated heterocycles. The Kier molecular flexibility index (Phi) is 25.7. The first-order valence-electron chi connectivity index (χ1n) is 21.6. The maximum atomic E-state index is 13.4. The van der Waals surface area contributed by atoms with E-state index in [9.17, 15) is 53.4 Å². The van der Waals surface area contributed by atoms with Crippen LogP contribution in [0.4, 0.5) is 4.79 Å². The number of carbonyl (C=O) groups excluding carboxylic acids is 6. The van der Waals surface area contributed by atoms with Crippen LogP contribution in [-0.4, -0.2) is 106 Å². The number of amides is 6. The minimum atomic E-state index is -1.27. The van der Waals surface area contributed by atoms with Crippen molar-refractivity contribution in [2.75, 3.05) is 13.1 Å². The number of unbranched alkanes of at least 4 members (excludes halogenated alkanes) is 5. The highest BCUT2D eigenvalue weighted by molar-refractivity contribution is 5.91. The van der Waals surface area contributed by atoms with E-state index in [1.54, 1.807) is 6.92 Å². The number of aliphatic carboxylic acids is 3. The summed E-state index contributed by atoms with van der Waals surface area (Å²) in [5.74, 6) is -5.24. The molecule has 0 aliphatic carbocycles. The molecule has 0 bridgehead atoms. The van der Waals surface area contributed by atoms with Gasteiger partial charge in [-0.2, -0.15) is 0 Å². The van der Waals surface area contributed by atoms with Crippen molar-refractivity contribution < 1.29 is 58.5 Å². The molecule has 0 saturated carbocycles. The molecule has 2 rings (SSSR count). The standard InChI is InChI=1S/C45H64N6O12/c1-31(28-32-16-6-4-7-17-32)41(57)50-37(29-33-18-8-5-9-19-33)42(58)49-35(43(59)60)20-12-14-26-46-38(53)22-10-2-3-11-23-39(54)47-27-15-13-21-36(44(61)62)51-45(63)48-34(30-52)24-25-40(55)56/h4-9,16-19,30-31,34-37H,2-3,10-15,20-29H2,1H3,(H,46,53)(H,47,54)(H,49,58)(H,50,57)(H,55,56)(H,59,60)(H,61,62)(H2,48,51,63)/t31?,34-,35?,36-,37?/m0/s1. The molecule has 3 unspecified atom stereocenters. The van der Waals surface area contributed by atoms with Gasteiger partial charge >= 0.3 is 23.9 Å². The van der Waals surface area contributed by atoms with E-state index in [0.717, 1.165) is 24.0 Å². The lowest BCUT2D eigenvalue weighted by Crippen LogP contribution is -2.53. The zero-order valence-corrected chi connectivity index (χ0v) is 36.0. The minimum absolute atomic E-state index is 0.0767. The Balaban J connectivity index is 1.61. The number of rotatable bonds is 33. The number of hydrogen-bond donors (Lipinski definition) is 9. The average molecular weight is 881 g/mol. The van der Waals surface area contributed by atoms with Crippen LogP contribution in [0.1, 0.15) is 108 Å². The van der Waals surface area contributed by atoms with Crippen LogP contribution in [0.2, 0.25) is 0 Å². The second-order valence-electron chi connectivity index (χ2n) is 15.5. The maximum Gasteiger partial charge on any atom is 0.326 e. The molecule has 63 heavy (non-hydrogen) atoms. The number of aldehydes is 1. The number of carbonyl (C=O) groups is 9. The van der Waals surface area contributed by atoms with Crippen LogP contribution < -0.4 is 31.9 Å². The number of carboxylic acids is 3. The molecule has 346 valence electrons. The molecule has 0 aromatic heterocycles. The van der Waals surface area contributed by atoms with Gasteiger partial charge in [0.1, 0.15) is 24.4 Å². The highest BCUT2D eigenvalue weighted by Gasteiger charge is 2.28. The van der Waals surface area contributed by atoms with Crippen LogP contribution >= 0.6 is 0 Å². The van der Waals surface area contributed by atoms with E-state index in [1.165, 1.54) is 0 Å². The van der Waals surface area contributed by atoms with Gasteiger partial charge in [0, 0.05) is 44.7 Å². The highest BCUT2D eigenvalue weighted by atomic mass is 16.4. The quantitative estimate of drug-likeness (QED) is 0.0369. The summed E-state index contributed by atoms with van der Waals surface area (Å²) in [5.41, 5.74) is 1.79. The van der Waals surface area contributed by atoms with Crippen molar-refractivity contribution in [3.8, 4) is 0 Å². The predicted octanol–water partition coefficient (Wildman–Crippen LogP) is 3.26. The van der Waals surface area contributed by atoms with Crippen LogP contribution in [0.3, 0.4) is 0 Å². The van der Waals surface area contributed by atoms with Gasteiger partial charge in [-0.05, 0) is 75.3 Å². The summed E-state index contributed by atoms with van der Waals surface area (Å²) in [7, 11) is 0. The molecular weight excluding hydrogens is 817 g/mol. The maximum absolute atomic E-state index is 13.4. The molecule has 2 aromatic carbocycles. The summed E-state index contributed by atoms with van der Waals surface area (Å²) in [4.78, 5) is 109. The summed E-state index contributed by atoms with van der Waals surface area (Å²) < 4.78 is 0. The normalized spacial score (nSPS) is 13.2. The Bertz CT molecular complexity index is 1760. The van der Waals surface area contributed by atoms with Crippen molar-refractivity contribution >= 4 is 53.9 Å². The summed E-state index contributed by atoms with van der Waals surface area (Å²) >= 11 is 0. The van der Waals surface area contributed by atoms with Gasteiger partial charge in [0.15, 0.2) is 0 Å². The lowest BCUT2D eigenvalue weighted by Gasteiger charge is -2.23. The molecular formula is C45H64N6O12. The fraction of sp³-hybridized carbons (Fsp3) is 0.533. The number of hydrogen-bond acceptors (Lipinski definition) is 9. The predicted molar refractivity (Wildman–Crippen MR) is 232 cm³/mol. The topological polar surface area (TPSA) is 286 Å². The van der Waals surface area contributed by atoms with Crippen LogP contribution in [-0.2, 0) is 51.2 Å². The number of urea groups is 1. The van der Waals surface area contributed by atoms with Crippen molar-refractivity contribution in [1.29, 1.82) is 0 Å². The van der Waals surface area contributed by atoms with Crippen molar-refractivity contribution in [2.24, 2.45) is 5.92 Å². The first-order valence-corrected chi connectivity index (χ1v) is 21.6. The van der Waals surface area contributed by atoms with E-state index >= 15 is 0 Å². The molecule has 0 aliphatic rings. The van der Waals surface area contributed by atoms with E-state index in [4.69, 9.17) is 5.11 Å². The zero-order chi connectivity index (χ0) is 46.4. The number of carboxylic acid groups (broad SMARTS) is 3. The Morgan fingerprint density at radius 2 is 1.00 bits per heavy atom. The first kappa shape index (κ1) is 52.8. The van der Waals surface area contributed by atoms with Gasteiger partial charge in [-0.25, -0.2) is 14.4 Å². The van der Waals surface area contributed by atoms with E-state index < -0.39 is 59.9 Å². The smallest absolute Gasteiger partial charge is 0.326 e. The molecule has 5 atom stereocenters. The zero-order valence-electron chi connectivity index (χ0n) is 36.0. The summed E-state index contributed by atoms with van der Waals surface area (Å²) in [6.45, 7) is 2.43. The molecule has 18 nitrogen and oxygen atoms in total. The Labute approximate surface area is 368 Å². The average Bonchev–Trinajstić information content (AvgIpc) is 3.25. The Morgan fingerprint density at radius 1 is 0.524 bits per heavy atom. The van der Waals surface area contributed by atoms with Gasteiger partial charge < -0.3 is 52.0 Å². The van der Waals surface area contributed by atoms with E-state index in [2.05, 4.69) is 31.9 Å². The van der Waals surface area contributed by atoms with Gasteiger partial charge in [-0.3, -0.25) is 24.0 Å². The van der Waals surface area contributed by atoms with Crippen LogP contribution in [0.25, 0.3) is 0 Å². The largest absolute Gasteiger partial charge is 0.481 e. The van der Waals surface area contributed by atoms with Crippen LogP contribution in [0, 0.1) is 5.92 Å². The molecule has 0 radical (unpaired) electrons. The van der Waals surface area contributed by atoms with Gasteiger partial charge in [-0.1, -0.05) is 80.4 Å². The lowest BCUT2D eigenvalue weighted by molar-refractivity contribution is -0.142. The molecule has 9 N–H and O–H groups in total. The molecule has 0 spiro atoms. The Morgan fingerprint density at radius 3 is 1.48 bits per heavy atom. The molecule has 6 amide bonds.